The first-order valence-corrected chi connectivity index (χ1v) is 13.6. The highest BCUT2D eigenvalue weighted by atomic mass is 32.2. The standard InChI is InChI=1S/C23H48O4S/c1-3-5-7-8-9-10-11-12-13-14-15-18-22(24)19-16-17-21-23(20-6-4-2)28(25,26)27/h22-24H,3-21H2,1-2H3,(H,25,26,27). The van der Waals surface area contributed by atoms with E-state index in [0.717, 1.165) is 44.9 Å². The van der Waals surface area contributed by atoms with Crippen molar-refractivity contribution in [3.63, 3.8) is 0 Å². The molecule has 0 radical (unpaired) electrons. The van der Waals surface area contributed by atoms with Crippen LogP contribution in [0.15, 0.2) is 0 Å². The Morgan fingerprint density at radius 2 is 0.929 bits per heavy atom. The normalized spacial score (nSPS) is 14.3. The minimum atomic E-state index is -3.93. The summed E-state index contributed by atoms with van der Waals surface area (Å²) in [5.74, 6) is 0. The van der Waals surface area contributed by atoms with Crippen molar-refractivity contribution in [2.24, 2.45) is 0 Å². The molecule has 0 aromatic heterocycles. The molecule has 0 bridgehead atoms. The van der Waals surface area contributed by atoms with E-state index in [0.29, 0.717) is 12.8 Å². The number of hydrogen-bond acceptors (Lipinski definition) is 3. The lowest BCUT2D eigenvalue weighted by molar-refractivity contribution is 0.147. The lowest BCUT2D eigenvalue weighted by Gasteiger charge is -2.14. The topological polar surface area (TPSA) is 74.6 Å². The zero-order chi connectivity index (χ0) is 21.1. The zero-order valence-electron chi connectivity index (χ0n) is 18.7. The lowest BCUT2D eigenvalue weighted by atomic mass is 10.0. The molecule has 4 nitrogen and oxygen atoms in total. The Kier molecular flexibility index (Phi) is 18.8. The molecule has 170 valence electrons. The maximum absolute atomic E-state index is 11.4. The highest BCUT2D eigenvalue weighted by Gasteiger charge is 2.21. The van der Waals surface area contributed by atoms with Crippen molar-refractivity contribution in [2.75, 3.05) is 0 Å². The van der Waals surface area contributed by atoms with Gasteiger partial charge in [0.2, 0.25) is 0 Å². The van der Waals surface area contributed by atoms with Gasteiger partial charge >= 0.3 is 0 Å². The number of aliphatic hydroxyl groups excluding tert-OH is 1. The van der Waals surface area contributed by atoms with Crippen LogP contribution in [0.4, 0.5) is 0 Å². The molecule has 0 aromatic carbocycles. The van der Waals surface area contributed by atoms with Gasteiger partial charge in [0.05, 0.1) is 11.4 Å². The van der Waals surface area contributed by atoms with Crippen molar-refractivity contribution in [3.05, 3.63) is 0 Å². The predicted molar refractivity (Wildman–Crippen MR) is 120 cm³/mol. The van der Waals surface area contributed by atoms with Crippen molar-refractivity contribution in [3.8, 4) is 0 Å². The van der Waals surface area contributed by atoms with Crippen LogP contribution in [-0.4, -0.2) is 29.4 Å². The minimum absolute atomic E-state index is 0.265. The van der Waals surface area contributed by atoms with Crippen LogP contribution < -0.4 is 0 Å². The maximum atomic E-state index is 11.4. The molecule has 0 heterocycles. The smallest absolute Gasteiger partial charge is 0.267 e. The first kappa shape index (κ1) is 27.9. The molecule has 28 heavy (non-hydrogen) atoms. The average Bonchev–Trinajstić information content (AvgIpc) is 2.64. The summed E-state index contributed by atoms with van der Waals surface area (Å²) in [6, 6.07) is 0. The Hall–Kier alpha value is -0.130. The molecule has 0 saturated heterocycles. The number of unbranched alkanes of at least 4 members (excludes halogenated alkanes) is 12. The molecule has 0 aliphatic rings. The van der Waals surface area contributed by atoms with Crippen molar-refractivity contribution in [1.82, 2.24) is 0 Å². The number of hydrogen-bond donors (Lipinski definition) is 2. The van der Waals surface area contributed by atoms with E-state index < -0.39 is 15.4 Å². The second-order valence-corrected chi connectivity index (χ2v) is 10.2. The fourth-order valence-corrected chi connectivity index (χ4v) is 4.74. The van der Waals surface area contributed by atoms with Crippen LogP contribution in [0.25, 0.3) is 0 Å². The monoisotopic (exact) mass is 420 g/mol. The van der Waals surface area contributed by atoms with E-state index in [-0.39, 0.29) is 6.10 Å². The van der Waals surface area contributed by atoms with Gasteiger partial charge in [0.1, 0.15) is 0 Å². The lowest BCUT2D eigenvalue weighted by Crippen LogP contribution is -2.20. The van der Waals surface area contributed by atoms with Crippen molar-refractivity contribution in [1.29, 1.82) is 0 Å². The Balaban J connectivity index is 3.53. The first-order valence-electron chi connectivity index (χ1n) is 12.1. The minimum Gasteiger partial charge on any atom is -0.393 e. The van der Waals surface area contributed by atoms with Crippen LogP contribution in [0.3, 0.4) is 0 Å². The summed E-state index contributed by atoms with van der Waals surface area (Å²) in [7, 11) is -3.93. The molecular weight excluding hydrogens is 372 g/mol. The van der Waals surface area contributed by atoms with Crippen molar-refractivity contribution < 1.29 is 18.1 Å². The summed E-state index contributed by atoms with van der Waals surface area (Å²) in [6.45, 7) is 4.27. The van der Waals surface area contributed by atoms with Gasteiger partial charge in [-0.25, -0.2) is 0 Å². The molecular formula is C23H48O4S. The molecule has 2 N–H and O–H groups in total. The molecule has 0 aromatic rings. The molecule has 0 aliphatic carbocycles. The van der Waals surface area contributed by atoms with E-state index in [1.54, 1.807) is 0 Å². The third-order valence-electron chi connectivity index (χ3n) is 5.76. The Morgan fingerprint density at radius 1 is 0.571 bits per heavy atom. The van der Waals surface area contributed by atoms with E-state index in [1.165, 1.54) is 64.2 Å². The van der Waals surface area contributed by atoms with Crippen LogP contribution >= 0.6 is 0 Å². The van der Waals surface area contributed by atoms with E-state index in [2.05, 4.69) is 6.92 Å². The summed E-state index contributed by atoms with van der Waals surface area (Å²) in [5, 5.41) is 9.46. The Labute approximate surface area is 175 Å². The summed E-state index contributed by atoms with van der Waals surface area (Å²) in [5.41, 5.74) is 0. The summed E-state index contributed by atoms with van der Waals surface area (Å²) in [4.78, 5) is 0. The molecule has 0 saturated carbocycles. The SMILES string of the molecule is CCCCCCCCCCCCCC(O)CCCCC(CCCC)S(=O)(=O)O. The second-order valence-electron chi connectivity index (χ2n) is 8.54. The maximum Gasteiger partial charge on any atom is 0.267 e. The van der Waals surface area contributed by atoms with Gasteiger partial charge in [-0.05, 0) is 25.7 Å². The molecule has 0 fully saturated rings. The van der Waals surface area contributed by atoms with Crippen molar-refractivity contribution in [2.45, 2.75) is 147 Å². The molecule has 0 rings (SSSR count). The zero-order valence-corrected chi connectivity index (χ0v) is 19.5. The van der Waals surface area contributed by atoms with Crippen molar-refractivity contribution >= 4 is 10.1 Å². The van der Waals surface area contributed by atoms with Crippen LogP contribution in [-0.2, 0) is 10.1 Å². The molecule has 2 unspecified atom stereocenters. The largest absolute Gasteiger partial charge is 0.393 e. The fourth-order valence-electron chi connectivity index (χ4n) is 3.81. The highest BCUT2D eigenvalue weighted by Crippen LogP contribution is 2.19. The predicted octanol–water partition coefficient (Wildman–Crippen LogP) is 7.06. The molecule has 0 amide bonds. The number of rotatable bonds is 21. The van der Waals surface area contributed by atoms with Gasteiger partial charge in [0.15, 0.2) is 0 Å². The van der Waals surface area contributed by atoms with Crippen LogP contribution in [0.1, 0.15) is 136 Å². The Bertz CT molecular complexity index is 422. The third kappa shape index (κ3) is 17.9. The van der Waals surface area contributed by atoms with Crippen LogP contribution in [0.5, 0.6) is 0 Å². The Morgan fingerprint density at radius 3 is 1.39 bits per heavy atom. The summed E-state index contributed by atoms with van der Waals surface area (Å²) >= 11 is 0. The second kappa shape index (κ2) is 18.9. The fraction of sp³-hybridized carbons (Fsp3) is 1.00. The molecule has 0 spiro atoms. The quantitative estimate of drug-likeness (QED) is 0.154. The van der Waals surface area contributed by atoms with Gasteiger partial charge in [0.25, 0.3) is 10.1 Å². The summed E-state index contributed by atoms with van der Waals surface area (Å²) in [6.07, 6.45) is 20.2. The van der Waals surface area contributed by atoms with Gasteiger partial charge in [0, 0.05) is 0 Å². The van der Waals surface area contributed by atoms with Gasteiger partial charge < -0.3 is 5.11 Å². The van der Waals surface area contributed by atoms with Crippen LogP contribution in [0, 0.1) is 0 Å². The first-order chi connectivity index (χ1) is 13.4. The van der Waals surface area contributed by atoms with Gasteiger partial charge in [-0.1, -0.05) is 110 Å². The highest BCUT2D eigenvalue weighted by molar-refractivity contribution is 7.86. The third-order valence-corrected chi connectivity index (χ3v) is 7.07. The number of aliphatic hydroxyl groups is 1. The van der Waals surface area contributed by atoms with Crippen LogP contribution in [0.2, 0.25) is 0 Å². The van der Waals surface area contributed by atoms with Gasteiger partial charge in [-0.15, -0.1) is 0 Å². The molecule has 0 aliphatic heterocycles. The average molecular weight is 421 g/mol. The van der Waals surface area contributed by atoms with E-state index in [9.17, 15) is 18.1 Å². The summed E-state index contributed by atoms with van der Waals surface area (Å²) < 4.78 is 32.1. The van der Waals surface area contributed by atoms with E-state index in [4.69, 9.17) is 0 Å². The van der Waals surface area contributed by atoms with E-state index in [1.807, 2.05) is 6.92 Å². The van der Waals surface area contributed by atoms with Gasteiger partial charge in [-0.2, -0.15) is 8.42 Å². The molecule has 5 heteroatoms. The van der Waals surface area contributed by atoms with E-state index >= 15 is 0 Å². The van der Waals surface area contributed by atoms with Gasteiger partial charge in [-0.3, -0.25) is 4.55 Å². The molecule has 2 atom stereocenters.